The van der Waals surface area contributed by atoms with Crippen LogP contribution in [-0.4, -0.2) is 72.9 Å². The first kappa shape index (κ1) is 27.7. The number of sulfonamides is 1. The number of nitrogens with zero attached hydrogens (tertiary/aromatic N) is 4. The van der Waals surface area contributed by atoms with Crippen LogP contribution in [0.1, 0.15) is 56.1 Å². The van der Waals surface area contributed by atoms with E-state index in [-0.39, 0.29) is 43.0 Å². The second-order valence-corrected chi connectivity index (χ2v) is 12.0. The van der Waals surface area contributed by atoms with Crippen LogP contribution in [0, 0.1) is 17.6 Å². The van der Waals surface area contributed by atoms with Crippen molar-refractivity contribution in [3.8, 4) is 5.75 Å². The monoisotopic (exact) mass is 538 g/mol. The average molecular weight is 539 g/mol. The van der Waals surface area contributed by atoms with E-state index in [2.05, 4.69) is 21.8 Å². The summed E-state index contributed by atoms with van der Waals surface area (Å²) in [6.45, 7) is 4.24. The summed E-state index contributed by atoms with van der Waals surface area (Å²) >= 11 is 0. The lowest BCUT2D eigenvalue weighted by Crippen LogP contribution is -2.39. The highest BCUT2D eigenvalue weighted by atomic mass is 32.2. The Kier molecular flexibility index (Phi) is 9.31. The van der Waals surface area contributed by atoms with Crippen LogP contribution in [0.25, 0.3) is 0 Å². The Morgan fingerprint density at radius 3 is 2.22 bits per heavy atom. The van der Waals surface area contributed by atoms with E-state index < -0.39 is 21.7 Å². The van der Waals surface area contributed by atoms with Gasteiger partial charge in [-0.2, -0.15) is 0 Å². The third kappa shape index (κ3) is 6.94. The molecule has 0 amide bonds. The van der Waals surface area contributed by atoms with Crippen molar-refractivity contribution < 1.29 is 27.0 Å². The number of hydrogen-bond donors (Lipinski definition) is 1. The first-order valence-corrected chi connectivity index (χ1v) is 14.7. The number of ether oxygens (including phenoxy) is 1. The summed E-state index contributed by atoms with van der Waals surface area (Å²) < 4.78 is 61.4. The minimum Gasteiger partial charge on any atom is -0.487 e. The molecule has 0 bridgehead atoms. The molecule has 204 valence electrons. The van der Waals surface area contributed by atoms with Crippen LogP contribution in [-0.2, 0) is 16.4 Å². The van der Waals surface area contributed by atoms with Crippen LogP contribution >= 0.6 is 0 Å². The van der Waals surface area contributed by atoms with Crippen molar-refractivity contribution >= 4 is 16.0 Å². The van der Waals surface area contributed by atoms with Gasteiger partial charge in [-0.05, 0) is 73.6 Å². The van der Waals surface area contributed by atoms with Gasteiger partial charge in [0, 0.05) is 45.2 Å². The lowest BCUT2D eigenvalue weighted by Gasteiger charge is -2.32. The Bertz CT molecular complexity index is 1110. The fourth-order valence-electron chi connectivity index (χ4n) is 4.99. The van der Waals surface area contributed by atoms with Crippen LogP contribution < -0.4 is 9.64 Å². The van der Waals surface area contributed by atoms with E-state index in [1.54, 1.807) is 0 Å². The molecule has 1 N–H and O–H groups in total. The number of halogens is 2. The molecule has 2 fully saturated rings. The van der Waals surface area contributed by atoms with Crippen molar-refractivity contribution in [2.45, 2.75) is 51.4 Å². The molecule has 0 unspecified atom stereocenters. The van der Waals surface area contributed by atoms with Crippen molar-refractivity contribution in [2.75, 3.05) is 50.0 Å². The number of anilines is 1. The summed E-state index contributed by atoms with van der Waals surface area (Å²) in [7, 11) is -3.42. The number of aliphatic hydroxyl groups excluding tert-OH is 1. The highest BCUT2D eigenvalue weighted by molar-refractivity contribution is 7.89. The molecule has 1 aromatic carbocycles. The maximum absolute atomic E-state index is 14.9. The highest BCUT2D eigenvalue weighted by Gasteiger charge is 2.29. The van der Waals surface area contributed by atoms with Crippen LogP contribution in [0.4, 0.5) is 14.7 Å². The largest absolute Gasteiger partial charge is 0.487 e. The Balaban J connectivity index is 1.28. The van der Waals surface area contributed by atoms with Gasteiger partial charge < -0.3 is 14.7 Å². The number of piperidine rings is 2. The Labute approximate surface area is 217 Å². The predicted molar refractivity (Wildman–Crippen MR) is 137 cm³/mol. The van der Waals surface area contributed by atoms with Crippen LogP contribution in [0.3, 0.4) is 0 Å². The number of aromatic nitrogens is 2. The fraction of sp³-hybridized carbons (Fsp3) is 0.615. The smallest absolute Gasteiger partial charge is 0.225 e. The number of benzene rings is 1. The standard InChI is InChI=1S/C26H36F2N4O4S/c1-2-19-16-29-26(30-17-19)31-8-4-20(5-9-31)18-36-25-23(27)14-22(15-24(25)28)21-6-10-32(11-7-21)37(34,35)13-3-12-33/h14-17,20-21,33H,2-13,18H2,1H3. The maximum atomic E-state index is 14.9. The van der Waals surface area contributed by atoms with Crippen molar-refractivity contribution in [3.63, 3.8) is 0 Å². The third-order valence-electron chi connectivity index (χ3n) is 7.36. The van der Waals surface area contributed by atoms with E-state index in [1.807, 2.05) is 12.4 Å². The minimum atomic E-state index is -3.42. The van der Waals surface area contributed by atoms with Crippen molar-refractivity contribution in [3.05, 3.63) is 47.3 Å². The molecule has 11 heteroatoms. The van der Waals surface area contributed by atoms with E-state index >= 15 is 0 Å². The summed E-state index contributed by atoms with van der Waals surface area (Å²) in [6.07, 6.45) is 7.39. The molecule has 37 heavy (non-hydrogen) atoms. The summed E-state index contributed by atoms with van der Waals surface area (Å²) in [6, 6.07) is 2.64. The lowest BCUT2D eigenvalue weighted by atomic mass is 9.90. The molecule has 0 atom stereocenters. The van der Waals surface area contributed by atoms with Gasteiger partial charge in [-0.15, -0.1) is 0 Å². The van der Waals surface area contributed by atoms with Gasteiger partial charge in [0.1, 0.15) is 0 Å². The van der Waals surface area contributed by atoms with Crippen molar-refractivity contribution in [1.82, 2.24) is 14.3 Å². The van der Waals surface area contributed by atoms with Gasteiger partial charge >= 0.3 is 0 Å². The molecular formula is C26H36F2N4O4S. The van der Waals surface area contributed by atoms with E-state index in [0.717, 1.165) is 37.9 Å². The first-order valence-electron chi connectivity index (χ1n) is 13.1. The molecular weight excluding hydrogens is 502 g/mol. The molecule has 0 aliphatic carbocycles. The summed E-state index contributed by atoms with van der Waals surface area (Å²) in [5.41, 5.74) is 1.62. The highest BCUT2D eigenvalue weighted by Crippen LogP contribution is 2.34. The molecule has 4 rings (SSSR count). The van der Waals surface area contributed by atoms with Gasteiger partial charge in [0.05, 0.1) is 12.4 Å². The maximum Gasteiger partial charge on any atom is 0.225 e. The summed E-state index contributed by atoms with van der Waals surface area (Å²) in [5.74, 6) is -1.14. The normalized spacial score (nSPS) is 18.3. The molecule has 0 saturated carbocycles. The molecule has 0 spiro atoms. The lowest BCUT2D eigenvalue weighted by molar-refractivity contribution is 0.206. The summed E-state index contributed by atoms with van der Waals surface area (Å²) in [5, 5.41) is 8.90. The zero-order valence-electron chi connectivity index (χ0n) is 21.3. The number of rotatable bonds is 10. The van der Waals surface area contributed by atoms with Gasteiger partial charge in [-0.25, -0.2) is 31.5 Å². The van der Waals surface area contributed by atoms with Crippen LogP contribution in [0.2, 0.25) is 0 Å². The minimum absolute atomic E-state index is 0.0949. The predicted octanol–water partition coefficient (Wildman–Crippen LogP) is 3.50. The van der Waals surface area contributed by atoms with E-state index in [9.17, 15) is 17.2 Å². The van der Waals surface area contributed by atoms with E-state index in [4.69, 9.17) is 9.84 Å². The SMILES string of the molecule is CCc1cnc(N2CCC(COc3c(F)cc(C4CCN(S(=O)(=O)CCCO)CC4)cc3F)CC2)nc1. The molecule has 3 heterocycles. The van der Waals surface area contributed by atoms with Crippen LogP contribution in [0.5, 0.6) is 5.75 Å². The first-order chi connectivity index (χ1) is 17.8. The third-order valence-corrected chi connectivity index (χ3v) is 9.32. The molecule has 1 aromatic heterocycles. The van der Waals surface area contributed by atoms with Gasteiger partial charge in [-0.1, -0.05) is 6.92 Å². The van der Waals surface area contributed by atoms with Gasteiger partial charge in [0.25, 0.3) is 0 Å². The quantitative estimate of drug-likeness (QED) is 0.495. The van der Waals surface area contributed by atoms with Gasteiger partial charge in [0.2, 0.25) is 16.0 Å². The van der Waals surface area contributed by atoms with E-state index in [0.29, 0.717) is 37.4 Å². The fourth-order valence-corrected chi connectivity index (χ4v) is 6.51. The molecule has 0 radical (unpaired) electrons. The van der Waals surface area contributed by atoms with Crippen molar-refractivity contribution in [2.24, 2.45) is 5.92 Å². The average Bonchev–Trinajstić information content (AvgIpc) is 2.92. The van der Waals surface area contributed by atoms with Crippen molar-refractivity contribution in [1.29, 1.82) is 0 Å². The van der Waals surface area contributed by atoms with Gasteiger partial charge in [-0.3, -0.25) is 0 Å². The Morgan fingerprint density at radius 1 is 1.03 bits per heavy atom. The second kappa shape index (κ2) is 12.4. The Hall–Kier alpha value is -2.37. The van der Waals surface area contributed by atoms with E-state index in [1.165, 1.54) is 16.4 Å². The molecule has 2 aromatic rings. The topological polar surface area (TPSA) is 95.9 Å². The molecule has 8 nitrogen and oxygen atoms in total. The molecule has 2 saturated heterocycles. The zero-order chi connectivity index (χ0) is 26.4. The summed E-state index contributed by atoms with van der Waals surface area (Å²) in [4.78, 5) is 11.0. The molecule has 2 aliphatic rings. The second-order valence-electron chi connectivity index (χ2n) is 9.87. The molecule has 2 aliphatic heterocycles. The van der Waals surface area contributed by atoms with Gasteiger partial charge in [0.15, 0.2) is 17.4 Å². The number of aliphatic hydroxyl groups is 1. The number of hydrogen-bond acceptors (Lipinski definition) is 7. The Morgan fingerprint density at radius 2 is 1.65 bits per heavy atom. The number of aryl methyl sites for hydroxylation is 1. The van der Waals surface area contributed by atoms with Crippen LogP contribution in [0.15, 0.2) is 24.5 Å². The zero-order valence-corrected chi connectivity index (χ0v) is 22.1.